The molecule has 0 radical (unpaired) electrons. The SMILES string of the molecule is OCc1ccc(CCC2CCC(CCc3ccc(CO)cc3)CC2)cc1. The van der Waals surface area contributed by atoms with E-state index in [-0.39, 0.29) is 13.2 Å². The maximum Gasteiger partial charge on any atom is 0.0681 e. The number of hydrogen-bond acceptors (Lipinski definition) is 2. The van der Waals surface area contributed by atoms with Crippen molar-refractivity contribution in [2.45, 2.75) is 64.6 Å². The molecule has 0 amide bonds. The van der Waals surface area contributed by atoms with Crippen molar-refractivity contribution in [2.24, 2.45) is 11.8 Å². The summed E-state index contributed by atoms with van der Waals surface area (Å²) in [5.74, 6) is 1.76. The normalized spacial score (nSPS) is 20.2. The largest absolute Gasteiger partial charge is 0.392 e. The summed E-state index contributed by atoms with van der Waals surface area (Å²) in [5, 5.41) is 18.2. The summed E-state index contributed by atoms with van der Waals surface area (Å²) in [5.41, 5.74) is 4.80. The molecule has 0 unspecified atom stereocenters. The lowest BCUT2D eigenvalue weighted by Crippen LogP contribution is -2.15. The molecule has 2 nitrogen and oxygen atoms in total. The predicted molar refractivity (Wildman–Crippen MR) is 107 cm³/mol. The maximum atomic E-state index is 9.12. The summed E-state index contributed by atoms with van der Waals surface area (Å²) in [6.45, 7) is 0.270. The van der Waals surface area contributed by atoms with Gasteiger partial charge in [-0.05, 0) is 59.8 Å². The first kappa shape index (κ1) is 19.1. The Balaban J connectivity index is 1.35. The summed E-state index contributed by atoms with van der Waals surface area (Å²) < 4.78 is 0. The molecule has 2 aromatic rings. The number of aliphatic hydroxyl groups excluding tert-OH is 2. The van der Waals surface area contributed by atoms with Crippen molar-refractivity contribution >= 4 is 0 Å². The second-order valence-corrected chi connectivity index (χ2v) is 7.91. The minimum absolute atomic E-state index is 0.135. The molecule has 1 aliphatic carbocycles. The molecule has 1 fully saturated rings. The average molecular weight is 353 g/mol. The lowest BCUT2D eigenvalue weighted by atomic mass is 9.77. The van der Waals surface area contributed by atoms with Gasteiger partial charge in [0, 0.05) is 0 Å². The van der Waals surface area contributed by atoms with Gasteiger partial charge < -0.3 is 10.2 Å². The molecule has 1 aliphatic rings. The molecule has 0 spiro atoms. The molecule has 2 N–H and O–H groups in total. The van der Waals surface area contributed by atoms with E-state index in [0.717, 1.165) is 35.8 Å². The van der Waals surface area contributed by atoms with Crippen molar-refractivity contribution in [3.8, 4) is 0 Å². The molecule has 1 saturated carbocycles. The average Bonchev–Trinajstić information content (AvgIpc) is 2.72. The first-order chi connectivity index (χ1) is 12.8. The summed E-state index contributed by atoms with van der Waals surface area (Å²) in [4.78, 5) is 0. The Bertz CT molecular complexity index is 577. The first-order valence-electron chi connectivity index (χ1n) is 10.1. The van der Waals surface area contributed by atoms with E-state index in [0.29, 0.717) is 0 Å². The monoisotopic (exact) mass is 352 g/mol. The molecule has 0 bridgehead atoms. The summed E-state index contributed by atoms with van der Waals surface area (Å²) >= 11 is 0. The molecule has 0 saturated heterocycles. The Morgan fingerprint density at radius 1 is 0.538 bits per heavy atom. The van der Waals surface area contributed by atoms with Crippen molar-refractivity contribution in [1.82, 2.24) is 0 Å². The fraction of sp³-hybridized carbons (Fsp3) is 0.500. The van der Waals surface area contributed by atoms with Crippen LogP contribution in [0.4, 0.5) is 0 Å². The van der Waals surface area contributed by atoms with Gasteiger partial charge in [-0.25, -0.2) is 0 Å². The summed E-state index contributed by atoms with van der Waals surface area (Å²) in [6.07, 6.45) is 10.4. The van der Waals surface area contributed by atoms with E-state index in [9.17, 15) is 0 Å². The van der Waals surface area contributed by atoms with Gasteiger partial charge in [-0.1, -0.05) is 74.2 Å². The zero-order valence-corrected chi connectivity index (χ0v) is 15.7. The third kappa shape index (κ3) is 5.69. The Morgan fingerprint density at radius 2 is 0.846 bits per heavy atom. The van der Waals surface area contributed by atoms with Gasteiger partial charge in [0.05, 0.1) is 13.2 Å². The quantitative estimate of drug-likeness (QED) is 0.698. The van der Waals surface area contributed by atoms with Gasteiger partial charge in [0.25, 0.3) is 0 Å². The van der Waals surface area contributed by atoms with E-state index < -0.39 is 0 Å². The standard InChI is InChI=1S/C24H32O2/c25-17-23-13-9-21(10-14-23)7-5-19-1-2-20(4-3-19)6-8-22-11-15-24(18-26)16-12-22/h9-16,19-20,25-26H,1-8,17-18H2. The highest BCUT2D eigenvalue weighted by Gasteiger charge is 2.20. The highest BCUT2D eigenvalue weighted by atomic mass is 16.3. The molecule has 0 heterocycles. The van der Waals surface area contributed by atoms with Crippen LogP contribution in [0.3, 0.4) is 0 Å². The molecule has 0 aromatic heterocycles. The number of rotatable bonds is 8. The van der Waals surface area contributed by atoms with Crippen molar-refractivity contribution < 1.29 is 10.2 Å². The lowest BCUT2D eigenvalue weighted by molar-refractivity contribution is 0.253. The molecule has 3 rings (SSSR count). The fourth-order valence-corrected chi connectivity index (χ4v) is 4.17. The van der Waals surface area contributed by atoms with Crippen LogP contribution in [0.25, 0.3) is 0 Å². The smallest absolute Gasteiger partial charge is 0.0681 e. The number of aryl methyl sites for hydroxylation is 2. The predicted octanol–water partition coefficient (Wildman–Crippen LogP) is 5.04. The summed E-state index contributed by atoms with van der Waals surface area (Å²) in [6, 6.07) is 16.8. The van der Waals surface area contributed by atoms with Crippen LogP contribution in [-0.4, -0.2) is 10.2 Å². The molecule has 0 atom stereocenters. The fourth-order valence-electron chi connectivity index (χ4n) is 4.17. The van der Waals surface area contributed by atoms with Crippen LogP contribution in [0.2, 0.25) is 0 Å². The molecular weight excluding hydrogens is 320 g/mol. The van der Waals surface area contributed by atoms with Gasteiger partial charge in [-0.3, -0.25) is 0 Å². The van der Waals surface area contributed by atoms with E-state index in [4.69, 9.17) is 10.2 Å². The summed E-state index contributed by atoms with van der Waals surface area (Å²) in [7, 11) is 0. The highest BCUT2D eigenvalue weighted by Crippen LogP contribution is 2.34. The van der Waals surface area contributed by atoms with E-state index in [1.165, 1.54) is 49.7 Å². The van der Waals surface area contributed by atoms with Gasteiger partial charge in [0.2, 0.25) is 0 Å². The Morgan fingerprint density at radius 3 is 1.15 bits per heavy atom. The van der Waals surface area contributed by atoms with Gasteiger partial charge in [0.1, 0.15) is 0 Å². The zero-order chi connectivity index (χ0) is 18.2. The van der Waals surface area contributed by atoms with Crippen molar-refractivity contribution in [3.05, 3.63) is 70.8 Å². The third-order valence-corrected chi connectivity index (χ3v) is 6.06. The minimum Gasteiger partial charge on any atom is -0.392 e. The van der Waals surface area contributed by atoms with Gasteiger partial charge >= 0.3 is 0 Å². The van der Waals surface area contributed by atoms with E-state index in [2.05, 4.69) is 24.3 Å². The van der Waals surface area contributed by atoms with Crippen LogP contribution in [0.15, 0.2) is 48.5 Å². The minimum atomic E-state index is 0.135. The highest BCUT2D eigenvalue weighted by molar-refractivity contribution is 5.23. The Hall–Kier alpha value is -1.64. The molecule has 26 heavy (non-hydrogen) atoms. The van der Waals surface area contributed by atoms with Crippen LogP contribution in [-0.2, 0) is 26.1 Å². The van der Waals surface area contributed by atoms with Gasteiger partial charge in [-0.2, -0.15) is 0 Å². The topological polar surface area (TPSA) is 40.5 Å². The van der Waals surface area contributed by atoms with E-state index >= 15 is 0 Å². The number of aliphatic hydroxyl groups is 2. The van der Waals surface area contributed by atoms with Crippen LogP contribution < -0.4 is 0 Å². The number of benzene rings is 2. The van der Waals surface area contributed by atoms with Crippen LogP contribution >= 0.6 is 0 Å². The maximum absolute atomic E-state index is 9.12. The van der Waals surface area contributed by atoms with Crippen LogP contribution in [0, 0.1) is 11.8 Å². The zero-order valence-electron chi connectivity index (χ0n) is 15.7. The Kier molecular flexibility index (Phi) is 7.28. The van der Waals surface area contributed by atoms with Crippen molar-refractivity contribution in [2.75, 3.05) is 0 Å². The van der Waals surface area contributed by atoms with E-state index in [1.54, 1.807) is 0 Å². The molecule has 2 heteroatoms. The lowest BCUT2D eigenvalue weighted by Gasteiger charge is -2.28. The second-order valence-electron chi connectivity index (χ2n) is 7.91. The van der Waals surface area contributed by atoms with Crippen LogP contribution in [0.1, 0.15) is 60.8 Å². The second kappa shape index (κ2) is 9.89. The molecule has 2 aromatic carbocycles. The van der Waals surface area contributed by atoms with Gasteiger partial charge in [-0.15, -0.1) is 0 Å². The number of hydrogen-bond donors (Lipinski definition) is 2. The third-order valence-electron chi connectivity index (χ3n) is 6.06. The van der Waals surface area contributed by atoms with Gasteiger partial charge in [0.15, 0.2) is 0 Å². The van der Waals surface area contributed by atoms with E-state index in [1.807, 2.05) is 24.3 Å². The molecule has 0 aliphatic heterocycles. The Labute approximate surface area is 157 Å². The first-order valence-corrected chi connectivity index (χ1v) is 10.1. The van der Waals surface area contributed by atoms with Crippen LogP contribution in [0.5, 0.6) is 0 Å². The van der Waals surface area contributed by atoms with Crippen molar-refractivity contribution in [1.29, 1.82) is 0 Å². The molecule has 140 valence electrons. The molecular formula is C24H32O2. The van der Waals surface area contributed by atoms with Crippen molar-refractivity contribution in [3.63, 3.8) is 0 Å².